The van der Waals surface area contributed by atoms with E-state index < -0.39 is 12.1 Å². The zero-order chi connectivity index (χ0) is 14.6. The largest absolute Gasteiger partial charge is 0.370 e. The predicted molar refractivity (Wildman–Crippen MR) is 69.4 cm³/mol. The fourth-order valence-corrected chi connectivity index (χ4v) is 3.91. The molecule has 5 atom stereocenters. The van der Waals surface area contributed by atoms with Crippen molar-refractivity contribution in [3.63, 3.8) is 0 Å². The summed E-state index contributed by atoms with van der Waals surface area (Å²) >= 11 is 0. The molecular weight excluding hydrogens is 276 g/mol. The van der Waals surface area contributed by atoms with Gasteiger partial charge in [0.1, 0.15) is 12.8 Å². The Balaban J connectivity index is 1.42. The van der Waals surface area contributed by atoms with E-state index in [0.29, 0.717) is 12.3 Å². The molecule has 4 heterocycles. The summed E-state index contributed by atoms with van der Waals surface area (Å²) in [5.74, 6) is -1.26. The van der Waals surface area contributed by atoms with Crippen LogP contribution in [0.4, 0.5) is 0 Å². The van der Waals surface area contributed by atoms with Crippen LogP contribution in [0.2, 0.25) is 0 Å². The van der Waals surface area contributed by atoms with Crippen LogP contribution < -0.4 is 5.32 Å². The molecule has 0 radical (unpaired) electrons. The van der Waals surface area contributed by atoms with Gasteiger partial charge in [0.2, 0.25) is 11.8 Å². The normalized spacial score (nSPS) is 43.7. The number of aliphatic hydroxyl groups is 1. The Morgan fingerprint density at radius 1 is 1.38 bits per heavy atom. The van der Waals surface area contributed by atoms with E-state index in [4.69, 9.17) is 9.47 Å². The number of nitrogens with one attached hydrogen (secondary N) is 1. The van der Waals surface area contributed by atoms with Crippen LogP contribution in [0, 0.1) is 5.92 Å². The summed E-state index contributed by atoms with van der Waals surface area (Å²) in [7, 11) is 0. The molecule has 0 aromatic heterocycles. The monoisotopic (exact) mass is 294 g/mol. The second-order valence-electron chi connectivity index (χ2n) is 6.30. The maximum atomic E-state index is 12.2. The number of carbonyl (C=O) groups is 2. The van der Waals surface area contributed by atoms with Gasteiger partial charge < -0.3 is 24.8 Å². The number of ether oxygens (including phenoxy) is 2. The van der Waals surface area contributed by atoms with Crippen LogP contribution in [0.5, 0.6) is 0 Å². The van der Waals surface area contributed by atoms with Crippen molar-refractivity contribution in [2.24, 2.45) is 5.92 Å². The molecular formula is C14H18N2O5. The molecule has 4 aliphatic heterocycles. The minimum atomic E-state index is -1.04. The van der Waals surface area contributed by atoms with Crippen molar-refractivity contribution in [3.8, 4) is 0 Å². The number of hydrogen-bond acceptors (Lipinski definition) is 5. The molecule has 7 heteroatoms. The van der Waals surface area contributed by atoms with Crippen LogP contribution in [0.1, 0.15) is 25.7 Å². The Morgan fingerprint density at radius 2 is 2.10 bits per heavy atom. The van der Waals surface area contributed by atoms with Gasteiger partial charge in [0.05, 0.1) is 12.2 Å². The molecule has 0 aromatic rings. The molecule has 1 aliphatic carbocycles. The lowest BCUT2D eigenvalue weighted by molar-refractivity contribution is -0.380. The topological polar surface area (TPSA) is 88.1 Å². The third-order valence-electron chi connectivity index (χ3n) is 4.65. The van der Waals surface area contributed by atoms with Crippen LogP contribution >= 0.6 is 0 Å². The lowest BCUT2D eigenvalue weighted by Gasteiger charge is -2.55. The quantitative estimate of drug-likeness (QED) is 0.730. The maximum absolute atomic E-state index is 12.2. The van der Waals surface area contributed by atoms with Crippen molar-refractivity contribution in [2.45, 2.75) is 50.0 Å². The highest BCUT2D eigenvalue weighted by Crippen LogP contribution is 2.47. The second kappa shape index (κ2) is 4.53. The van der Waals surface area contributed by atoms with Crippen molar-refractivity contribution in [1.29, 1.82) is 0 Å². The van der Waals surface area contributed by atoms with Gasteiger partial charge in [-0.2, -0.15) is 0 Å². The first-order valence-corrected chi connectivity index (χ1v) is 7.36. The van der Waals surface area contributed by atoms with Gasteiger partial charge in [-0.25, -0.2) is 0 Å². The number of hydrogen-bond donors (Lipinski definition) is 2. The summed E-state index contributed by atoms with van der Waals surface area (Å²) in [6.07, 6.45) is 5.48. The molecule has 5 aliphatic rings. The third kappa shape index (κ3) is 2.25. The van der Waals surface area contributed by atoms with E-state index in [1.165, 1.54) is 12.2 Å². The third-order valence-corrected chi connectivity index (χ3v) is 4.65. The minimum Gasteiger partial charge on any atom is -0.370 e. The van der Waals surface area contributed by atoms with Gasteiger partial charge in [-0.05, 0) is 24.8 Å². The lowest BCUT2D eigenvalue weighted by atomic mass is 9.77. The molecule has 0 spiro atoms. The predicted octanol–water partition coefficient (Wildman–Crippen LogP) is -0.539. The van der Waals surface area contributed by atoms with Gasteiger partial charge in [0.25, 0.3) is 5.91 Å². The molecule has 5 rings (SSSR count). The summed E-state index contributed by atoms with van der Waals surface area (Å²) in [4.78, 5) is 24.8. The summed E-state index contributed by atoms with van der Waals surface area (Å²) in [6, 6.07) is 0. The van der Waals surface area contributed by atoms with Crippen molar-refractivity contribution in [1.82, 2.24) is 10.2 Å². The van der Waals surface area contributed by atoms with Gasteiger partial charge in [0.15, 0.2) is 0 Å². The Morgan fingerprint density at radius 3 is 2.67 bits per heavy atom. The molecule has 114 valence electrons. The van der Waals surface area contributed by atoms with E-state index in [1.54, 1.807) is 0 Å². The first kappa shape index (κ1) is 13.2. The number of rotatable bonds is 3. The first-order chi connectivity index (χ1) is 10.0. The molecule has 0 aromatic carbocycles. The fraction of sp³-hybridized carbons (Fsp3) is 0.714. The van der Waals surface area contributed by atoms with Crippen LogP contribution in [-0.2, 0) is 19.1 Å². The second-order valence-corrected chi connectivity index (χ2v) is 6.30. The average molecular weight is 294 g/mol. The van der Waals surface area contributed by atoms with Crippen LogP contribution in [0.25, 0.3) is 0 Å². The smallest absolute Gasteiger partial charge is 0.252 e. The van der Waals surface area contributed by atoms with E-state index in [9.17, 15) is 14.7 Å². The molecule has 2 N–H and O–H groups in total. The van der Waals surface area contributed by atoms with Gasteiger partial charge in [-0.3, -0.25) is 9.59 Å². The van der Waals surface area contributed by atoms with Gasteiger partial charge in [-0.1, -0.05) is 0 Å². The van der Waals surface area contributed by atoms with E-state index in [2.05, 4.69) is 5.32 Å². The van der Waals surface area contributed by atoms with Crippen molar-refractivity contribution in [3.05, 3.63) is 12.2 Å². The van der Waals surface area contributed by atoms with E-state index >= 15 is 0 Å². The average Bonchev–Trinajstić information content (AvgIpc) is 2.68. The highest BCUT2D eigenvalue weighted by molar-refractivity contribution is 5.93. The highest BCUT2D eigenvalue weighted by Gasteiger charge is 2.54. The van der Waals surface area contributed by atoms with Gasteiger partial charge >= 0.3 is 0 Å². The highest BCUT2D eigenvalue weighted by atomic mass is 16.7. The standard InChI is InChI=1S/C14H18N2O5/c17-11(7-16-12(18)1-2-13(16)19)15-14-6-8-3-9(20-14)5-10(4-8)21-14/h1-2,8-10,12,18H,3-7H2,(H,15,17)/t8?,9-,10+,12?,14?. The molecule has 2 amide bonds. The van der Waals surface area contributed by atoms with E-state index in [0.717, 1.165) is 24.2 Å². The molecule has 4 fully saturated rings. The van der Waals surface area contributed by atoms with Crippen LogP contribution in [0.3, 0.4) is 0 Å². The van der Waals surface area contributed by atoms with Crippen LogP contribution in [-0.4, -0.2) is 52.7 Å². The Bertz CT molecular complexity index is 482. The number of aliphatic hydroxyl groups excluding tert-OH is 1. The summed E-state index contributed by atoms with van der Waals surface area (Å²) in [6.45, 7) is -0.207. The van der Waals surface area contributed by atoms with E-state index in [-0.39, 0.29) is 30.6 Å². The summed E-state index contributed by atoms with van der Waals surface area (Å²) < 4.78 is 11.7. The molecule has 7 nitrogen and oxygen atoms in total. The summed E-state index contributed by atoms with van der Waals surface area (Å²) in [5, 5.41) is 12.4. The Labute approximate surface area is 121 Å². The molecule has 1 saturated carbocycles. The fourth-order valence-electron chi connectivity index (χ4n) is 3.91. The van der Waals surface area contributed by atoms with Crippen molar-refractivity contribution < 1.29 is 24.2 Å². The number of amides is 2. The van der Waals surface area contributed by atoms with Crippen molar-refractivity contribution in [2.75, 3.05) is 6.54 Å². The Hall–Kier alpha value is -1.44. The van der Waals surface area contributed by atoms with E-state index in [1.807, 2.05) is 0 Å². The number of nitrogens with zero attached hydrogens (tertiary/aromatic N) is 1. The maximum Gasteiger partial charge on any atom is 0.252 e. The van der Waals surface area contributed by atoms with Crippen molar-refractivity contribution >= 4 is 11.8 Å². The number of carbonyl (C=O) groups excluding carboxylic acids is 2. The first-order valence-electron chi connectivity index (χ1n) is 7.36. The molecule has 21 heavy (non-hydrogen) atoms. The molecule has 3 saturated heterocycles. The van der Waals surface area contributed by atoms with Crippen LogP contribution in [0.15, 0.2) is 12.2 Å². The SMILES string of the molecule is O=C(CN1C(=O)C=CC1O)NC12CC3C[C@H](C[C@H](C3)O1)O2. The lowest BCUT2D eigenvalue weighted by Crippen LogP contribution is -2.67. The van der Waals surface area contributed by atoms with Gasteiger partial charge in [0, 0.05) is 18.9 Å². The zero-order valence-corrected chi connectivity index (χ0v) is 11.5. The Kier molecular flexibility index (Phi) is 2.85. The molecule has 4 bridgehead atoms. The minimum absolute atomic E-state index is 0.150. The summed E-state index contributed by atoms with van der Waals surface area (Å²) in [5.41, 5.74) is 0. The van der Waals surface area contributed by atoms with Gasteiger partial charge in [-0.15, -0.1) is 0 Å². The molecule has 3 unspecified atom stereocenters. The zero-order valence-electron chi connectivity index (χ0n) is 11.5.